The topological polar surface area (TPSA) is 249 Å². The van der Waals surface area contributed by atoms with E-state index in [1.165, 1.54) is 83.3 Å². The van der Waals surface area contributed by atoms with E-state index in [-0.39, 0.29) is 120 Å². The van der Waals surface area contributed by atoms with Crippen LogP contribution in [0, 0.1) is 62.6 Å². The van der Waals surface area contributed by atoms with Gasteiger partial charge >= 0.3 is 0 Å². The van der Waals surface area contributed by atoms with Crippen molar-refractivity contribution in [2.75, 3.05) is 81.8 Å². The van der Waals surface area contributed by atoms with Gasteiger partial charge in [0.1, 0.15) is 46.8 Å². The number of hydrogen-bond acceptors (Lipinski definition) is 20. The van der Waals surface area contributed by atoms with Gasteiger partial charge in [0.15, 0.2) is 46.0 Å². The summed E-state index contributed by atoms with van der Waals surface area (Å²) in [6.07, 6.45) is 30.8. The zero-order valence-corrected chi connectivity index (χ0v) is 77.6. The van der Waals surface area contributed by atoms with E-state index in [1.807, 2.05) is 74.1 Å². The standard InChI is InChI=1S/C29H41NO4.C26H35NO4.C25H35NO4.C25H33NO4/c1-25(2,3)26(4,32)20-15-27-10-11-29(20,33-5)24-28(27)12-13-30(16-17-6-7-17)21(27)14-18-8-9-19(31)23(34-24)22(18)28;1-23(2,29)18-13-24-8-9-26(18,30-3)22-25(24)10-11-27(14-15-4-5-15)19(24)12-16-6-7-17(28)21(31-22)20(16)25;2*1-5-8-22(2,28)17-14-23-9-10-25(17,29-4)21-24(23)11-12-26(3)18(23)13-15-6-7-16(27)20(30-21)19(15)24/h8-9,17,20-21,24,31-32H,6-7,10-16H2,1-5H3;6-7,15,18-19,22,28-29H,4-5,8-14H2,1-3H3;6-7,17-18,21,27-28H,5,8-14H2,1-4H3;6-7,9-10,17-18,21,27-28H,5,8,11-14H2,1-4H3/t20-,21-,24-,26+,27-,28+,29+;18-,19?,22-,24-,25+,26-;17-,18?,21-,22-,23-,24?,25-;17-,18-,21-,22?,23-,24+,25+/m1111/s1. The second-order valence-electron chi connectivity index (χ2n) is 47.6. The first-order chi connectivity index (χ1) is 59.3. The Labute approximate surface area is 741 Å². The lowest BCUT2D eigenvalue weighted by Gasteiger charge is -2.75. The molecule has 0 amide bonds. The summed E-state index contributed by atoms with van der Waals surface area (Å²) in [7, 11) is 11.7. The van der Waals surface area contributed by atoms with E-state index in [9.17, 15) is 40.9 Å². The van der Waals surface area contributed by atoms with Crippen molar-refractivity contribution >= 4 is 0 Å². The maximum atomic E-state index is 12.2. The summed E-state index contributed by atoms with van der Waals surface area (Å²) in [6.45, 7) is 27.3. The molecule has 4 aromatic rings. The van der Waals surface area contributed by atoms with Crippen LogP contribution in [-0.4, -0.2) is 236 Å². The molecular formula is C105H144N4O16. The number of methoxy groups -OCH3 is 4. The van der Waals surface area contributed by atoms with Gasteiger partial charge in [0.2, 0.25) is 0 Å². The molecule has 20 heteroatoms. The maximum absolute atomic E-state index is 12.2. The lowest BCUT2D eigenvalue weighted by Crippen LogP contribution is -2.83. The molecule has 8 spiro atoms. The Kier molecular flexibility index (Phi) is 17.8. The number of piperidine rings is 4. The molecule has 18 aliphatic carbocycles. The third kappa shape index (κ3) is 9.79. The number of aromatic hydroxyl groups is 4. The van der Waals surface area contributed by atoms with Crippen LogP contribution >= 0.6 is 0 Å². The maximum Gasteiger partial charge on any atom is 0.165 e. The van der Waals surface area contributed by atoms with E-state index < -0.39 is 44.8 Å². The van der Waals surface area contributed by atoms with Crippen molar-refractivity contribution in [2.45, 2.75) is 351 Å². The Balaban J connectivity index is 0.0000000962. The Morgan fingerprint density at radius 2 is 0.752 bits per heavy atom. The number of likely N-dealkylation sites (tertiary alicyclic amines) is 4. The number of nitrogens with zero attached hydrogens (tertiary/aromatic N) is 4. The van der Waals surface area contributed by atoms with Gasteiger partial charge in [0.25, 0.3) is 0 Å². The highest BCUT2D eigenvalue weighted by Crippen LogP contribution is 2.83. The van der Waals surface area contributed by atoms with Crippen LogP contribution < -0.4 is 18.9 Å². The van der Waals surface area contributed by atoms with Crippen LogP contribution in [0.4, 0.5) is 0 Å². The highest BCUT2D eigenvalue weighted by atomic mass is 16.6. The number of rotatable bonds is 16. The van der Waals surface area contributed by atoms with Crippen molar-refractivity contribution < 1.29 is 78.7 Å². The quantitative estimate of drug-likeness (QED) is 0.0486. The van der Waals surface area contributed by atoms with Gasteiger partial charge in [0.05, 0.1) is 27.8 Å². The minimum absolute atomic E-state index is 0.0123. The fourth-order valence-electron chi connectivity index (χ4n) is 36.3. The summed E-state index contributed by atoms with van der Waals surface area (Å²) in [5.41, 5.74) is 3.86. The van der Waals surface area contributed by atoms with Gasteiger partial charge in [0, 0.05) is 150 Å². The molecule has 8 heterocycles. The van der Waals surface area contributed by atoms with Crippen LogP contribution in [0.25, 0.3) is 0 Å². The normalized spacial score (nSPS) is 44.5. The minimum Gasteiger partial charge on any atom is -0.504 e. The van der Waals surface area contributed by atoms with Crippen molar-refractivity contribution in [2.24, 2.45) is 62.6 Å². The number of fused-ring (bicyclic) bond motifs is 7. The second kappa shape index (κ2) is 26.5. The predicted octanol–water partition coefficient (Wildman–Crippen LogP) is 14.4. The molecule has 27 atom stereocenters. The molecule has 0 aromatic heterocycles. The average molecular weight is 1720 g/mol. The van der Waals surface area contributed by atoms with E-state index in [1.54, 1.807) is 13.2 Å². The number of likely N-dealkylation sites (N-methyl/N-ethyl adjacent to an activating group) is 2. The van der Waals surface area contributed by atoms with Crippen LogP contribution in [0.2, 0.25) is 0 Å². The molecule has 125 heavy (non-hydrogen) atoms. The molecule has 4 unspecified atom stereocenters. The zero-order valence-electron chi connectivity index (χ0n) is 77.6. The first-order valence-electron chi connectivity index (χ1n) is 49.1. The van der Waals surface area contributed by atoms with Crippen molar-refractivity contribution in [1.82, 2.24) is 19.6 Å². The summed E-state index contributed by atoms with van der Waals surface area (Å²) in [4.78, 5) is 10.7. The summed E-state index contributed by atoms with van der Waals surface area (Å²) in [5, 5.41) is 90.3. The molecule has 680 valence electrons. The molecular weight excluding hydrogens is 1570 g/mol. The molecule has 0 radical (unpaired) electrons. The average Bonchev–Trinajstić information content (AvgIpc) is 1.56. The van der Waals surface area contributed by atoms with Gasteiger partial charge in [-0.25, -0.2) is 0 Å². The SMILES string of the molecule is CCCC(C)(O)[C@H]1C[C@@]23C=C[C@@]1(OC)[C@@H]1Oc4c(O)ccc5c4[C@@]12CCN(C)[C@@H]3C5.CCC[C@@](C)(O)[C@H]1C[C@@]23CC[C@]1(OC)[C@@H]1Oc4c(O)ccc5c4C12CCN(C)C3C5.CO[C@@]12CC[C@@]3(C[C@@H]1[C@](C)(O)C(C)(C)C)[C@H]1Cc4ccc(O)c5c4[C@@]3(CCN1CC1CC1)[C@H]2O5.CO[C@]12CC[C@@]3(C[C@@H]1C(C)(C)O)C1Cc4ccc(O)c5c4[C@@]3(CCN1CC1CC1)[C@H]2O5. The molecule has 4 saturated heterocycles. The minimum atomic E-state index is -0.909. The molecule has 16 fully saturated rings. The summed E-state index contributed by atoms with van der Waals surface area (Å²) < 4.78 is 52.9. The van der Waals surface area contributed by atoms with E-state index in [4.69, 9.17) is 37.9 Å². The molecule has 8 N–H and O–H groups in total. The highest BCUT2D eigenvalue weighted by Gasteiger charge is 2.87. The summed E-state index contributed by atoms with van der Waals surface area (Å²) in [5.74, 6) is 5.46. The molecule has 20 nitrogen and oxygen atoms in total. The van der Waals surface area contributed by atoms with E-state index in [0.29, 0.717) is 47.2 Å². The van der Waals surface area contributed by atoms with Gasteiger partial charge in [-0.15, -0.1) is 0 Å². The fourth-order valence-corrected chi connectivity index (χ4v) is 36.3. The van der Waals surface area contributed by atoms with Gasteiger partial charge in [-0.2, -0.15) is 0 Å². The van der Waals surface area contributed by atoms with Crippen LogP contribution in [0.1, 0.15) is 255 Å². The van der Waals surface area contributed by atoms with Crippen LogP contribution in [0.15, 0.2) is 60.7 Å². The van der Waals surface area contributed by atoms with Gasteiger partial charge < -0.3 is 88.5 Å². The van der Waals surface area contributed by atoms with Crippen molar-refractivity contribution in [3.8, 4) is 46.0 Å². The van der Waals surface area contributed by atoms with Crippen LogP contribution in [0.3, 0.4) is 0 Å². The largest absolute Gasteiger partial charge is 0.504 e. The smallest absolute Gasteiger partial charge is 0.165 e. The number of ether oxygens (including phenoxy) is 8. The number of phenols is 4. The summed E-state index contributed by atoms with van der Waals surface area (Å²) >= 11 is 0. The van der Waals surface area contributed by atoms with Crippen molar-refractivity contribution in [1.29, 1.82) is 0 Å². The van der Waals surface area contributed by atoms with Crippen LogP contribution in [0.5, 0.6) is 46.0 Å². The van der Waals surface area contributed by atoms with Gasteiger partial charge in [-0.1, -0.05) is 83.9 Å². The second-order valence-corrected chi connectivity index (χ2v) is 47.6. The fraction of sp³-hybridized carbons (Fsp3) is 0.752. The first-order valence-corrected chi connectivity index (χ1v) is 49.1. The lowest BCUT2D eigenvalue weighted by atomic mass is 9.33. The van der Waals surface area contributed by atoms with E-state index in [2.05, 4.69) is 105 Å². The lowest BCUT2D eigenvalue weighted by molar-refractivity contribution is -0.312. The Morgan fingerprint density at radius 1 is 0.392 bits per heavy atom. The predicted molar refractivity (Wildman–Crippen MR) is 474 cm³/mol. The number of benzene rings is 4. The molecule has 30 rings (SSSR count). The molecule has 4 aromatic carbocycles. The molecule has 26 aliphatic rings. The number of aliphatic hydroxyl groups is 4. The van der Waals surface area contributed by atoms with Crippen molar-refractivity contribution in [3.05, 3.63) is 105 Å². The van der Waals surface area contributed by atoms with Gasteiger partial charge in [-0.05, 0) is 293 Å². The molecule has 12 saturated carbocycles. The Bertz CT molecular complexity index is 5130. The first kappa shape index (κ1) is 83.8. The number of phenolic OH excluding ortho intramolecular Hbond substituents is 4. The van der Waals surface area contributed by atoms with E-state index in [0.717, 1.165) is 179 Å². The van der Waals surface area contributed by atoms with Crippen molar-refractivity contribution in [3.63, 3.8) is 0 Å². The summed E-state index contributed by atoms with van der Waals surface area (Å²) in [6, 6.07) is 17.5. The Hall–Kier alpha value is -5.46. The zero-order chi connectivity index (χ0) is 87.5. The third-order valence-electron chi connectivity index (χ3n) is 42.1. The molecule has 16 bridgehead atoms. The monoisotopic (exact) mass is 1720 g/mol. The molecule has 8 aliphatic heterocycles. The van der Waals surface area contributed by atoms with Gasteiger partial charge in [-0.3, -0.25) is 9.80 Å². The third-order valence-corrected chi connectivity index (χ3v) is 42.1. The van der Waals surface area contributed by atoms with E-state index >= 15 is 0 Å². The van der Waals surface area contributed by atoms with Crippen LogP contribution in [-0.2, 0) is 66.3 Å². The Morgan fingerprint density at radius 3 is 1.17 bits per heavy atom. The highest BCUT2D eigenvalue weighted by molar-refractivity contribution is 5.69. The number of hydrogen-bond donors (Lipinski definition) is 8.